The van der Waals surface area contributed by atoms with E-state index in [4.69, 9.17) is 15.9 Å². The first-order chi connectivity index (χ1) is 14.5. The highest BCUT2D eigenvalue weighted by Crippen LogP contribution is 2.37. The number of likely N-dealkylation sites (N-methyl/N-ethyl adjacent to an activating group) is 1. The van der Waals surface area contributed by atoms with Crippen LogP contribution in [-0.4, -0.2) is 90.3 Å². The zero-order valence-corrected chi connectivity index (χ0v) is 22.8. The van der Waals surface area contributed by atoms with E-state index >= 15 is 0 Å². The fraction of sp³-hybridized carbons (Fsp3) is 0.471. The van der Waals surface area contributed by atoms with E-state index in [0.717, 1.165) is 0 Å². The highest BCUT2D eigenvalue weighted by atomic mass is 127. The van der Waals surface area contributed by atoms with Gasteiger partial charge in [0.2, 0.25) is 5.91 Å². The van der Waals surface area contributed by atoms with Crippen molar-refractivity contribution in [3.8, 4) is 0 Å². The molecule has 2 atom stereocenters. The summed E-state index contributed by atoms with van der Waals surface area (Å²) in [5, 5.41) is 42.0. The van der Waals surface area contributed by atoms with Gasteiger partial charge >= 0.3 is 0 Å². The molecule has 0 aromatic heterocycles. The van der Waals surface area contributed by atoms with Crippen molar-refractivity contribution in [3.05, 3.63) is 21.8 Å². The van der Waals surface area contributed by atoms with Crippen LogP contribution in [0.3, 0.4) is 0 Å². The molecule has 0 heterocycles. The molecule has 0 spiro atoms. The third kappa shape index (κ3) is 7.30. The molecule has 0 saturated heterocycles. The molecule has 1 rings (SSSR count). The molecule has 0 aliphatic carbocycles. The number of nitrogens with two attached hydrogens (primary N) is 1. The van der Waals surface area contributed by atoms with Crippen LogP contribution in [0.15, 0.2) is 0 Å². The molecule has 14 heteroatoms. The monoisotopic (exact) mass is 776 g/mol. The summed E-state index contributed by atoms with van der Waals surface area (Å²) in [6, 6.07) is 0. The van der Waals surface area contributed by atoms with E-state index in [9.17, 15) is 24.6 Å². The van der Waals surface area contributed by atoms with Crippen LogP contribution in [0.1, 0.15) is 20.7 Å². The maximum atomic E-state index is 12.9. The van der Waals surface area contributed by atoms with Crippen molar-refractivity contribution in [1.29, 1.82) is 0 Å². The highest BCUT2D eigenvalue weighted by molar-refractivity contribution is 14.1. The first-order valence-corrected chi connectivity index (χ1v) is 12.1. The molecule has 174 valence electrons. The van der Waals surface area contributed by atoms with Crippen LogP contribution >= 0.6 is 67.8 Å². The summed E-state index contributed by atoms with van der Waals surface area (Å²) in [4.78, 5) is 39.2. The van der Waals surface area contributed by atoms with Gasteiger partial charge in [-0.05, 0) is 67.8 Å². The zero-order chi connectivity index (χ0) is 23.9. The number of aliphatic hydroxyl groups is 4. The Balaban J connectivity index is 3.59. The normalized spacial score (nSPS) is 12.8. The van der Waals surface area contributed by atoms with Crippen molar-refractivity contribution < 1.29 is 34.8 Å². The molecule has 0 saturated carbocycles. The van der Waals surface area contributed by atoms with Crippen LogP contribution in [0.2, 0.25) is 0 Å². The van der Waals surface area contributed by atoms with Crippen molar-refractivity contribution in [2.75, 3.05) is 44.8 Å². The number of nitrogens with one attached hydrogen (secondary N) is 2. The SMILES string of the molecule is CN(C(=O)CN)c1c(I)c(C(=O)NCC(O)CO)c(I)c(C(=O)NCC(O)CO)c1I. The van der Waals surface area contributed by atoms with E-state index in [0.29, 0.717) is 12.8 Å². The Morgan fingerprint density at radius 1 is 0.903 bits per heavy atom. The number of hydrogen-bond donors (Lipinski definition) is 7. The van der Waals surface area contributed by atoms with Crippen molar-refractivity contribution >= 4 is 91.2 Å². The number of hydrogen-bond acceptors (Lipinski definition) is 8. The van der Waals surface area contributed by atoms with Crippen molar-refractivity contribution in [2.24, 2.45) is 5.73 Å². The fourth-order valence-corrected chi connectivity index (χ4v) is 7.20. The molecule has 1 aromatic rings. The largest absolute Gasteiger partial charge is 0.394 e. The molecule has 31 heavy (non-hydrogen) atoms. The van der Waals surface area contributed by atoms with Gasteiger partial charge < -0.3 is 41.7 Å². The Bertz CT molecular complexity index is 787. The molecule has 2 unspecified atom stereocenters. The van der Waals surface area contributed by atoms with Crippen LogP contribution in [0, 0.1) is 10.7 Å². The van der Waals surface area contributed by atoms with E-state index in [1.54, 1.807) is 0 Å². The lowest BCUT2D eigenvalue weighted by atomic mass is 10.1. The summed E-state index contributed by atoms with van der Waals surface area (Å²) in [5.41, 5.74) is 5.98. The average molecular weight is 776 g/mol. The van der Waals surface area contributed by atoms with Crippen molar-refractivity contribution in [3.63, 3.8) is 0 Å². The molecule has 0 aliphatic heterocycles. The second-order valence-corrected chi connectivity index (χ2v) is 9.53. The van der Waals surface area contributed by atoms with E-state index in [1.165, 1.54) is 11.9 Å². The number of anilines is 1. The summed E-state index contributed by atoms with van der Waals surface area (Å²) in [5.74, 6) is -1.67. The zero-order valence-electron chi connectivity index (χ0n) is 16.4. The number of carbonyl (C=O) groups is 3. The van der Waals surface area contributed by atoms with Crippen LogP contribution in [-0.2, 0) is 4.79 Å². The van der Waals surface area contributed by atoms with Crippen LogP contribution in [0.25, 0.3) is 0 Å². The van der Waals surface area contributed by atoms with Crippen LogP contribution in [0.4, 0.5) is 5.69 Å². The quantitative estimate of drug-likeness (QED) is 0.142. The number of halogens is 3. The number of carbonyl (C=O) groups excluding carboxylic acids is 3. The fourth-order valence-electron chi connectivity index (χ4n) is 2.33. The van der Waals surface area contributed by atoms with E-state index in [-0.39, 0.29) is 34.3 Å². The molecule has 0 bridgehead atoms. The lowest BCUT2D eigenvalue weighted by molar-refractivity contribution is -0.117. The van der Waals surface area contributed by atoms with Gasteiger partial charge in [-0.15, -0.1) is 0 Å². The van der Waals surface area contributed by atoms with Gasteiger partial charge in [0, 0.05) is 23.7 Å². The smallest absolute Gasteiger partial charge is 0.253 e. The first kappa shape index (κ1) is 28.7. The number of benzene rings is 1. The molecule has 8 N–H and O–H groups in total. The van der Waals surface area contributed by atoms with Gasteiger partial charge in [-0.1, -0.05) is 0 Å². The van der Waals surface area contributed by atoms with E-state index in [1.807, 2.05) is 67.8 Å². The predicted octanol–water partition coefficient (Wildman–Crippen LogP) is -1.41. The van der Waals surface area contributed by atoms with E-state index < -0.39 is 43.1 Å². The Morgan fingerprint density at radius 3 is 1.61 bits per heavy atom. The maximum absolute atomic E-state index is 12.9. The van der Waals surface area contributed by atoms with Crippen molar-refractivity contribution in [1.82, 2.24) is 10.6 Å². The Hall–Kier alpha value is -0.380. The number of amides is 3. The standard InChI is InChI=1S/C17H23I3N4O7/c1-24(9(29)2-21)15-13(19)10(16(30)22-3-7(27)5-25)12(18)11(14(15)20)17(31)23-4-8(28)6-26/h7-8,25-28H,2-6,21H2,1H3,(H,22,30)(H,23,31). The number of rotatable bonds is 10. The summed E-state index contributed by atoms with van der Waals surface area (Å²) in [6.07, 6.45) is -2.32. The predicted molar refractivity (Wildman–Crippen MR) is 138 cm³/mol. The maximum Gasteiger partial charge on any atom is 0.253 e. The summed E-state index contributed by atoms with van der Waals surface area (Å²) < 4.78 is 1.06. The molecule has 1 aromatic carbocycles. The van der Waals surface area contributed by atoms with Gasteiger partial charge in [0.05, 0.1) is 55.9 Å². The third-order valence-corrected chi connectivity index (χ3v) is 7.23. The average Bonchev–Trinajstić information content (AvgIpc) is 2.74. The van der Waals surface area contributed by atoms with Gasteiger partial charge in [-0.25, -0.2) is 0 Å². The molecule has 0 fully saturated rings. The molecule has 11 nitrogen and oxygen atoms in total. The Labute approximate surface area is 219 Å². The second kappa shape index (κ2) is 13.4. The second-order valence-electron chi connectivity index (χ2n) is 6.29. The molecule has 0 radical (unpaired) electrons. The van der Waals surface area contributed by atoms with Gasteiger partial charge in [-0.3, -0.25) is 14.4 Å². The number of nitrogens with zero attached hydrogens (tertiary/aromatic N) is 1. The number of aliphatic hydroxyl groups excluding tert-OH is 4. The minimum atomic E-state index is -1.16. The minimum absolute atomic E-state index is 0.103. The Kier molecular flexibility index (Phi) is 12.3. The van der Waals surface area contributed by atoms with Gasteiger partial charge in [-0.2, -0.15) is 0 Å². The third-order valence-electron chi connectivity index (χ3n) is 4.05. The van der Waals surface area contributed by atoms with Crippen molar-refractivity contribution in [2.45, 2.75) is 12.2 Å². The topological polar surface area (TPSA) is 185 Å². The molecule has 0 aliphatic rings. The summed E-state index contributed by atoms with van der Waals surface area (Å²) in [6.45, 7) is -1.81. The van der Waals surface area contributed by atoms with E-state index in [2.05, 4.69) is 10.6 Å². The lowest BCUT2D eigenvalue weighted by Crippen LogP contribution is -2.39. The van der Waals surface area contributed by atoms with Gasteiger partial charge in [0.25, 0.3) is 11.8 Å². The first-order valence-electron chi connectivity index (χ1n) is 8.82. The molecular weight excluding hydrogens is 753 g/mol. The van der Waals surface area contributed by atoms with Crippen LogP contribution < -0.4 is 21.3 Å². The summed E-state index contributed by atoms with van der Waals surface area (Å²) in [7, 11) is 1.47. The van der Waals surface area contributed by atoms with Crippen LogP contribution in [0.5, 0.6) is 0 Å². The highest BCUT2D eigenvalue weighted by Gasteiger charge is 2.30. The lowest BCUT2D eigenvalue weighted by Gasteiger charge is -2.25. The van der Waals surface area contributed by atoms with Gasteiger partial charge in [0.15, 0.2) is 0 Å². The Morgan fingerprint density at radius 2 is 1.29 bits per heavy atom. The molecular formula is C17H23I3N4O7. The molecule has 3 amide bonds. The summed E-state index contributed by atoms with van der Waals surface area (Å²) >= 11 is 5.63. The minimum Gasteiger partial charge on any atom is -0.394 e. The van der Waals surface area contributed by atoms with Gasteiger partial charge in [0.1, 0.15) is 0 Å².